The smallest absolute Gasteiger partial charge is 0.149 e. The topological polar surface area (TPSA) is 54.2 Å². The van der Waals surface area contributed by atoms with E-state index in [1.165, 1.54) is 13.0 Å². The average molecular weight is 241 g/mol. The molecule has 88 valence electrons. The molecule has 1 unspecified atom stereocenters. The van der Waals surface area contributed by atoms with E-state index >= 15 is 0 Å². The number of likely N-dealkylation sites (tertiary alicyclic amines) is 1. The van der Waals surface area contributed by atoms with Gasteiger partial charge in [0.1, 0.15) is 5.82 Å². The molecular weight excluding hydrogens is 224 g/mol. The number of nitrogens with two attached hydrogens (primary N) is 1. The van der Waals surface area contributed by atoms with Gasteiger partial charge in [-0.2, -0.15) is 0 Å². The van der Waals surface area contributed by atoms with Gasteiger partial charge in [0, 0.05) is 18.8 Å². The Morgan fingerprint density at radius 3 is 3.12 bits per heavy atom. The summed E-state index contributed by atoms with van der Waals surface area (Å²) < 4.78 is 0. The van der Waals surface area contributed by atoms with E-state index in [1.54, 1.807) is 12.3 Å². The number of hydrogen-bond donors (Lipinski definition) is 2. The van der Waals surface area contributed by atoms with E-state index in [0.717, 1.165) is 18.8 Å². The second kappa shape index (κ2) is 4.89. The van der Waals surface area contributed by atoms with Crippen LogP contribution in [0, 0.1) is 0 Å². The highest BCUT2D eigenvalue weighted by atomic mass is 35.5. The minimum atomic E-state index is 0.426. The first-order valence-corrected chi connectivity index (χ1v) is 5.89. The van der Waals surface area contributed by atoms with Crippen molar-refractivity contribution in [2.24, 2.45) is 0 Å². The van der Waals surface area contributed by atoms with Crippen LogP contribution in [0.3, 0.4) is 0 Å². The molecule has 5 heteroatoms. The summed E-state index contributed by atoms with van der Waals surface area (Å²) in [5.41, 5.74) is 6.46. The summed E-state index contributed by atoms with van der Waals surface area (Å²) in [5.74, 6) is 0.740. The number of nitrogens with one attached hydrogen (secondary N) is 1. The lowest BCUT2D eigenvalue weighted by Crippen LogP contribution is -2.40. The Morgan fingerprint density at radius 2 is 2.44 bits per heavy atom. The third-order valence-electron chi connectivity index (χ3n) is 2.85. The van der Waals surface area contributed by atoms with Crippen LogP contribution < -0.4 is 11.1 Å². The number of aromatic nitrogens is 1. The summed E-state index contributed by atoms with van der Waals surface area (Å²) in [4.78, 5) is 6.52. The van der Waals surface area contributed by atoms with Crippen molar-refractivity contribution in [3.05, 3.63) is 17.3 Å². The Labute approximate surface area is 101 Å². The van der Waals surface area contributed by atoms with Gasteiger partial charge < -0.3 is 16.0 Å². The molecule has 4 nitrogen and oxygen atoms in total. The Balaban J connectivity index is 2.02. The molecule has 0 radical (unpaired) electrons. The SMILES string of the molecule is CN1CCCC(Nc2ncc(Cl)cc2N)C1. The molecule has 1 aromatic rings. The maximum Gasteiger partial charge on any atom is 0.149 e. The van der Waals surface area contributed by atoms with Crippen molar-refractivity contribution in [2.75, 3.05) is 31.2 Å². The zero-order chi connectivity index (χ0) is 11.5. The highest BCUT2D eigenvalue weighted by molar-refractivity contribution is 6.30. The van der Waals surface area contributed by atoms with Crippen molar-refractivity contribution >= 4 is 23.1 Å². The number of rotatable bonds is 2. The summed E-state index contributed by atoms with van der Waals surface area (Å²) in [6.07, 6.45) is 3.99. The van der Waals surface area contributed by atoms with E-state index in [1.807, 2.05) is 0 Å². The first kappa shape index (κ1) is 11.5. The lowest BCUT2D eigenvalue weighted by Gasteiger charge is -2.30. The quantitative estimate of drug-likeness (QED) is 0.828. The van der Waals surface area contributed by atoms with E-state index in [2.05, 4.69) is 22.2 Å². The molecule has 16 heavy (non-hydrogen) atoms. The van der Waals surface area contributed by atoms with Crippen molar-refractivity contribution in [3.8, 4) is 0 Å². The summed E-state index contributed by atoms with van der Waals surface area (Å²) in [6.45, 7) is 2.20. The van der Waals surface area contributed by atoms with Gasteiger partial charge in [-0.05, 0) is 32.5 Å². The Bertz CT molecular complexity index is 369. The van der Waals surface area contributed by atoms with E-state index in [0.29, 0.717) is 16.8 Å². The molecule has 3 N–H and O–H groups in total. The maximum absolute atomic E-state index is 5.85. The van der Waals surface area contributed by atoms with Crippen LogP contribution in [0.25, 0.3) is 0 Å². The minimum absolute atomic E-state index is 0.426. The van der Waals surface area contributed by atoms with Crippen LogP contribution in [0.15, 0.2) is 12.3 Å². The van der Waals surface area contributed by atoms with Crippen LogP contribution in [-0.4, -0.2) is 36.1 Å². The molecule has 1 atom stereocenters. The predicted molar refractivity (Wildman–Crippen MR) is 67.8 cm³/mol. The number of anilines is 2. The van der Waals surface area contributed by atoms with Gasteiger partial charge in [-0.3, -0.25) is 0 Å². The molecule has 0 saturated carbocycles. The molecule has 0 bridgehead atoms. The molecule has 1 fully saturated rings. The molecule has 1 aromatic heterocycles. The zero-order valence-corrected chi connectivity index (χ0v) is 10.2. The van der Waals surface area contributed by atoms with Crippen molar-refractivity contribution in [2.45, 2.75) is 18.9 Å². The summed E-state index contributed by atoms with van der Waals surface area (Å²) in [6, 6.07) is 2.15. The fourth-order valence-corrected chi connectivity index (χ4v) is 2.22. The molecule has 0 aromatic carbocycles. The first-order chi connectivity index (χ1) is 7.65. The molecule has 1 aliphatic heterocycles. The third kappa shape index (κ3) is 2.77. The van der Waals surface area contributed by atoms with E-state index in [-0.39, 0.29) is 0 Å². The average Bonchev–Trinajstić information content (AvgIpc) is 2.22. The van der Waals surface area contributed by atoms with Crippen molar-refractivity contribution in [1.29, 1.82) is 0 Å². The monoisotopic (exact) mass is 240 g/mol. The van der Waals surface area contributed by atoms with Crippen LogP contribution >= 0.6 is 11.6 Å². The Hall–Kier alpha value is -1.00. The van der Waals surface area contributed by atoms with Gasteiger partial charge in [0.05, 0.1) is 10.7 Å². The lowest BCUT2D eigenvalue weighted by molar-refractivity contribution is 0.261. The molecular formula is C11H17ClN4. The normalized spacial score (nSPS) is 22.0. The second-order valence-corrected chi connectivity index (χ2v) is 4.77. The number of nitrogens with zero attached hydrogens (tertiary/aromatic N) is 2. The van der Waals surface area contributed by atoms with Crippen LogP contribution in [0.5, 0.6) is 0 Å². The zero-order valence-electron chi connectivity index (χ0n) is 9.41. The van der Waals surface area contributed by atoms with Gasteiger partial charge in [-0.1, -0.05) is 11.6 Å². The number of pyridine rings is 1. The molecule has 0 aliphatic carbocycles. The third-order valence-corrected chi connectivity index (χ3v) is 3.06. The number of piperidine rings is 1. The summed E-state index contributed by atoms with van der Waals surface area (Å²) in [5, 5.41) is 3.94. The highest BCUT2D eigenvalue weighted by Crippen LogP contribution is 2.21. The molecule has 0 amide bonds. The first-order valence-electron chi connectivity index (χ1n) is 5.51. The molecule has 2 rings (SSSR count). The van der Waals surface area contributed by atoms with Gasteiger partial charge >= 0.3 is 0 Å². The standard InChI is InChI=1S/C11H17ClN4/c1-16-4-2-3-9(7-16)15-11-10(13)5-8(12)6-14-11/h5-6,9H,2-4,7,13H2,1H3,(H,14,15). The largest absolute Gasteiger partial charge is 0.396 e. The molecule has 0 spiro atoms. The fraction of sp³-hybridized carbons (Fsp3) is 0.545. The number of halogens is 1. The van der Waals surface area contributed by atoms with Gasteiger partial charge in [-0.15, -0.1) is 0 Å². The number of likely N-dealkylation sites (N-methyl/N-ethyl adjacent to an activating group) is 1. The Kier molecular flexibility index (Phi) is 3.51. The van der Waals surface area contributed by atoms with Crippen molar-refractivity contribution in [1.82, 2.24) is 9.88 Å². The number of hydrogen-bond acceptors (Lipinski definition) is 4. The van der Waals surface area contributed by atoms with Gasteiger partial charge in [-0.25, -0.2) is 4.98 Å². The van der Waals surface area contributed by atoms with Crippen molar-refractivity contribution in [3.63, 3.8) is 0 Å². The van der Waals surface area contributed by atoms with Gasteiger partial charge in [0.15, 0.2) is 0 Å². The fourth-order valence-electron chi connectivity index (χ4n) is 2.05. The summed E-state index contributed by atoms with van der Waals surface area (Å²) >= 11 is 5.80. The van der Waals surface area contributed by atoms with Crippen molar-refractivity contribution < 1.29 is 0 Å². The molecule has 1 saturated heterocycles. The minimum Gasteiger partial charge on any atom is -0.396 e. The summed E-state index contributed by atoms with van der Waals surface area (Å²) in [7, 11) is 2.13. The number of nitrogen functional groups attached to an aromatic ring is 1. The van der Waals surface area contributed by atoms with Crippen LogP contribution in [-0.2, 0) is 0 Å². The second-order valence-electron chi connectivity index (χ2n) is 4.34. The van der Waals surface area contributed by atoms with Crippen LogP contribution in [0.2, 0.25) is 5.02 Å². The van der Waals surface area contributed by atoms with E-state index in [4.69, 9.17) is 17.3 Å². The van der Waals surface area contributed by atoms with Crippen LogP contribution in [0.1, 0.15) is 12.8 Å². The lowest BCUT2D eigenvalue weighted by atomic mass is 10.1. The molecule has 1 aliphatic rings. The van der Waals surface area contributed by atoms with Gasteiger partial charge in [0.2, 0.25) is 0 Å². The van der Waals surface area contributed by atoms with Crippen LogP contribution in [0.4, 0.5) is 11.5 Å². The predicted octanol–water partition coefficient (Wildman–Crippen LogP) is 1.82. The van der Waals surface area contributed by atoms with E-state index < -0.39 is 0 Å². The highest BCUT2D eigenvalue weighted by Gasteiger charge is 2.17. The molecule has 2 heterocycles. The van der Waals surface area contributed by atoms with E-state index in [9.17, 15) is 0 Å². The Morgan fingerprint density at radius 1 is 1.62 bits per heavy atom. The van der Waals surface area contributed by atoms with Gasteiger partial charge in [0.25, 0.3) is 0 Å². The maximum atomic E-state index is 5.85.